The number of alkyl halides is 2. The van der Waals surface area contributed by atoms with Gasteiger partial charge in [-0.15, -0.1) is 0 Å². The normalized spacial score (nSPS) is 17.9. The van der Waals surface area contributed by atoms with Crippen LogP contribution in [0.25, 0.3) is 28.1 Å². The predicted octanol–water partition coefficient (Wildman–Crippen LogP) is 3.94. The third kappa shape index (κ3) is 5.77. The van der Waals surface area contributed by atoms with Crippen molar-refractivity contribution in [2.75, 3.05) is 30.8 Å². The van der Waals surface area contributed by atoms with E-state index in [2.05, 4.69) is 15.6 Å². The Kier molecular flexibility index (Phi) is 7.75. The number of nitrogens with zero attached hydrogens (tertiary/aromatic N) is 5. The molecule has 11 nitrogen and oxygen atoms in total. The zero-order valence-electron chi connectivity index (χ0n) is 24.3. The number of ether oxygens (including phenoxy) is 1. The van der Waals surface area contributed by atoms with Crippen molar-refractivity contribution in [3.05, 3.63) is 41.6 Å². The lowest BCUT2D eigenvalue weighted by molar-refractivity contribution is 0.0935. The van der Waals surface area contributed by atoms with Crippen molar-refractivity contribution >= 4 is 38.4 Å². The quantitative estimate of drug-likeness (QED) is 0.274. The minimum absolute atomic E-state index is 0.0271. The van der Waals surface area contributed by atoms with Gasteiger partial charge in [0.25, 0.3) is 5.91 Å². The third-order valence-electron chi connectivity index (χ3n) is 8.14. The van der Waals surface area contributed by atoms with Crippen LogP contribution in [-0.4, -0.2) is 72.3 Å². The van der Waals surface area contributed by atoms with Gasteiger partial charge < -0.3 is 19.9 Å². The molecule has 2 N–H and O–H groups in total. The second kappa shape index (κ2) is 11.4. The molecule has 230 valence electrons. The maximum absolute atomic E-state index is 13.8. The van der Waals surface area contributed by atoms with Gasteiger partial charge in [0, 0.05) is 36.1 Å². The number of halogens is 2. The summed E-state index contributed by atoms with van der Waals surface area (Å²) in [6, 6.07) is 8.23. The number of aryl methyl sites for hydroxylation is 1. The van der Waals surface area contributed by atoms with E-state index in [0.717, 1.165) is 57.1 Å². The SMILES string of the molecule is COc1cc(C(=O)N[C@@H]2CCCCNC2)cc2nc(-c3cc4ccc(N(C(F)F)S(C)(=O)=O)nc4n3CC3CC3)c(C)n12. The molecule has 43 heavy (non-hydrogen) atoms. The van der Waals surface area contributed by atoms with E-state index in [4.69, 9.17) is 9.72 Å². The van der Waals surface area contributed by atoms with Gasteiger partial charge in [-0.3, -0.25) is 9.20 Å². The van der Waals surface area contributed by atoms with E-state index in [0.29, 0.717) is 52.0 Å². The molecule has 0 aromatic carbocycles. The van der Waals surface area contributed by atoms with Gasteiger partial charge in [0.2, 0.25) is 10.0 Å². The Morgan fingerprint density at radius 1 is 1.19 bits per heavy atom. The van der Waals surface area contributed by atoms with Crippen molar-refractivity contribution in [1.82, 2.24) is 29.6 Å². The molecule has 1 aliphatic heterocycles. The van der Waals surface area contributed by atoms with Crippen LogP contribution < -0.4 is 19.7 Å². The van der Waals surface area contributed by atoms with Crippen LogP contribution in [0.2, 0.25) is 0 Å². The molecule has 4 aromatic rings. The van der Waals surface area contributed by atoms with Gasteiger partial charge in [-0.05, 0) is 69.3 Å². The summed E-state index contributed by atoms with van der Waals surface area (Å²) in [5, 5.41) is 7.15. The van der Waals surface area contributed by atoms with Gasteiger partial charge in [-0.1, -0.05) is 6.42 Å². The zero-order chi connectivity index (χ0) is 30.5. The molecule has 2 aliphatic rings. The molecule has 1 atom stereocenters. The second-order valence-electron chi connectivity index (χ2n) is 11.4. The number of sulfonamides is 1. The highest BCUT2D eigenvalue weighted by Gasteiger charge is 2.30. The van der Waals surface area contributed by atoms with E-state index in [1.807, 2.05) is 22.0 Å². The van der Waals surface area contributed by atoms with Crippen LogP contribution >= 0.6 is 0 Å². The molecule has 2 fully saturated rings. The van der Waals surface area contributed by atoms with Crippen LogP contribution in [0.3, 0.4) is 0 Å². The Hall–Kier alpha value is -3.78. The standard InChI is InChI=1S/C29H35F2N7O4S/c1-17-26(34-24-13-20(14-25(42-2)37(17)24)28(39)33-21-6-4-5-11-32-15-21)22-12-19-9-10-23(38(29(30)31)43(3,40)41)35-27(19)36(22)16-18-7-8-18/h9-10,12-14,18,21,29,32H,4-8,11,15-16H2,1-3H3,(H,33,39)/t21-/m1/s1. The number of amides is 1. The lowest BCUT2D eigenvalue weighted by Gasteiger charge is -2.20. The number of carbonyl (C=O) groups excluding carboxylic acids is 1. The minimum Gasteiger partial charge on any atom is -0.482 e. The Morgan fingerprint density at radius 3 is 2.67 bits per heavy atom. The van der Waals surface area contributed by atoms with E-state index in [1.165, 1.54) is 13.2 Å². The Balaban J connectivity index is 1.44. The van der Waals surface area contributed by atoms with Crippen LogP contribution in [0, 0.1) is 12.8 Å². The monoisotopic (exact) mass is 615 g/mol. The summed E-state index contributed by atoms with van der Waals surface area (Å²) in [7, 11) is -2.72. The Bertz CT molecular complexity index is 1790. The number of carbonyl (C=O) groups is 1. The molecule has 5 heterocycles. The van der Waals surface area contributed by atoms with Gasteiger partial charge in [0.15, 0.2) is 5.88 Å². The van der Waals surface area contributed by atoms with Gasteiger partial charge in [-0.2, -0.15) is 13.1 Å². The second-order valence-corrected chi connectivity index (χ2v) is 13.3. The molecule has 0 bridgehead atoms. The molecule has 0 radical (unpaired) electrons. The van der Waals surface area contributed by atoms with Crippen LogP contribution in [0.1, 0.15) is 48.2 Å². The van der Waals surface area contributed by atoms with Crippen LogP contribution in [0.4, 0.5) is 14.6 Å². The fourth-order valence-corrected chi connectivity index (χ4v) is 6.54. The van der Waals surface area contributed by atoms with Gasteiger partial charge in [0.1, 0.15) is 22.8 Å². The lowest BCUT2D eigenvalue weighted by atomic mass is 10.1. The van der Waals surface area contributed by atoms with Crippen molar-refractivity contribution < 1.29 is 26.7 Å². The number of aromatic nitrogens is 4. The fourth-order valence-electron chi connectivity index (χ4n) is 5.81. The first-order valence-electron chi connectivity index (χ1n) is 14.4. The van der Waals surface area contributed by atoms with E-state index in [1.54, 1.807) is 18.2 Å². The summed E-state index contributed by atoms with van der Waals surface area (Å²) < 4.78 is 61.4. The number of hydrogen-bond acceptors (Lipinski definition) is 7. The molecule has 1 amide bonds. The molecule has 1 aliphatic carbocycles. The maximum Gasteiger partial charge on any atom is 0.329 e. The molecule has 14 heteroatoms. The van der Waals surface area contributed by atoms with E-state index in [-0.39, 0.29) is 22.1 Å². The first-order chi connectivity index (χ1) is 20.5. The van der Waals surface area contributed by atoms with Gasteiger partial charge in [0.05, 0.1) is 24.8 Å². The molecule has 0 spiro atoms. The van der Waals surface area contributed by atoms with Crippen molar-refractivity contribution in [3.63, 3.8) is 0 Å². The summed E-state index contributed by atoms with van der Waals surface area (Å²) in [4.78, 5) is 22.6. The lowest BCUT2D eigenvalue weighted by Crippen LogP contribution is -2.40. The smallest absolute Gasteiger partial charge is 0.329 e. The van der Waals surface area contributed by atoms with Crippen molar-refractivity contribution in [1.29, 1.82) is 0 Å². The fraction of sp³-hybridized carbons (Fsp3) is 0.483. The number of rotatable bonds is 9. The zero-order valence-corrected chi connectivity index (χ0v) is 25.1. The number of methoxy groups -OCH3 is 1. The number of fused-ring (bicyclic) bond motifs is 2. The molecule has 1 saturated carbocycles. The molecular weight excluding hydrogens is 580 g/mol. The molecular formula is C29H35F2N7O4S. The molecule has 4 aromatic heterocycles. The van der Waals surface area contributed by atoms with Crippen LogP contribution in [0.5, 0.6) is 5.88 Å². The van der Waals surface area contributed by atoms with Gasteiger partial charge in [-0.25, -0.2) is 18.4 Å². The largest absolute Gasteiger partial charge is 0.482 e. The summed E-state index contributed by atoms with van der Waals surface area (Å²) >= 11 is 0. The highest BCUT2D eigenvalue weighted by Crippen LogP contribution is 2.38. The van der Waals surface area contributed by atoms with Crippen molar-refractivity contribution in [2.45, 2.75) is 58.2 Å². The number of nitrogens with one attached hydrogen (secondary N) is 2. The topological polar surface area (TPSA) is 123 Å². The predicted molar refractivity (Wildman–Crippen MR) is 159 cm³/mol. The molecule has 0 unspecified atom stereocenters. The summed E-state index contributed by atoms with van der Waals surface area (Å²) in [5.74, 6) is 0.288. The number of hydrogen-bond donors (Lipinski definition) is 2. The van der Waals surface area contributed by atoms with Crippen LogP contribution in [-0.2, 0) is 16.6 Å². The summed E-state index contributed by atoms with van der Waals surface area (Å²) in [5.41, 5.74) is 3.45. The average Bonchev–Trinajstić information content (AvgIpc) is 3.69. The minimum atomic E-state index is -4.26. The first kappa shape index (κ1) is 29.3. The summed E-state index contributed by atoms with van der Waals surface area (Å²) in [6.45, 7) is 0.868. The first-order valence-corrected chi connectivity index (χ1v) is 16.3. The van der Waals surface area contributed by atoms with E-state index in [9.17, 15) is 22.0 Å². The molecule has 1 saturated heterocycles. The average molecular weight is 616 g/mol. The third-order valence-corrected chi connectivity index (χ3v) is 9.20. The van der Waals surface area contributed by atoms with Crippen molar-refractivity contribution in [3.8, 4) is 17.3 Å². The van der Waals surface area contributed by atoms with E-state index >= 15 is 0 Å². The Morgan fingerprint density at radius 2 is 1.98 bits per heavy atom. The van der Waals surface area contributed by atoms with Crippen LogP contribution in [0.15, 0.2) is 30.3 Å². The maximum atomic E-state index is 13.8. The number of anilines is 1. The van der Waals surface area contributed by atoms with Crippen molar-refractivity contribution in [2.24, 2.45) is 5.92 Å². The summed E-state index contributed by atoms with van der Waals surface area (Å²) in [6.07, 6.45) is 5.82. The highest BCUT2D eigenvalue weighted by atomic mass is 32.2. The number of imidazole rings is 1. The molecule has 6 rings (SSSR count). The highest BCUT2D eigenvalue weighted by molar-refractivity contribution is 7.92. The van der Waals surface area contributed by atoms with Gasteiger partial charge >= 0.3 is 6.55 Å². The Labute approximate surface area is 248 Å². The van der Waals surface area contributed by atoms with E-state index < -0.39 is 16.6 Å². The number of pyridine rings is 2.